The molecule has 3 heteroatoms. The van der Waals surface area contributed by atoms with E-state index < -0.39 is 0 Å². The first-order valence-electron chi connectivity index (χ1n) is 1.85. The van der Waals surface area contributed by atoms with Gasteiger partial charge in [0.2, 0.25) is 0 Å². The summed E-state index contributed by atoms with van der Waals surface area (Å²) in [4.78, 5) is 3.78. The van der Waals surface area contributed by atoms with Crippen LogP contribution in [0.1, 0.15) is 0 Å². The van der Waals surface area contributed by atoms with Crippen molar-refractivity contribution in [1.82, 2.24) is 4.98 Å². The molecule has 0 aliphatic heterocycles. The van der Waals surface area contributed by atoms with Gasteiger partial charge in [-0.1, -0.05) is 6.07 Å². The minimum atomic E-state index is 0. The molecule has 0 aliphatic carbocycles. The summed E-state index contributed by atoms with van der Waals surface area (Å²) in [5.41, 5.74) is 0. The molecule has 1 aromatic heterocycles. The SMILES string of the molecule is F.F.c1ccncc1. The molecule has 0 unspecified atom stereocenters. The van der Waals surface area contributed by atoms with Gasteiger partial charge in [-0.25, -0.2) is 0 Å². The predicted molar refractivity (Wildman–Crippen MR) is 29.2 cm³/mol. The van der Waals surface area contributed by atoms with E-state index in [4.69, 9.17) is 0 Å². The van der Waals surface area contributed by atoms with Gasteiger partial charge in [-0.15, -0.1) is 0 Å². The molecule has 0 radical (unpaired) electrons. The van der Waals surface area contributed by atoms with Crippen LogP contribution in [0.2, 0.25) is 0 Å². The van der Waals surface area contributed by atoms with Crippen LogP contribution < -0.4 is 0 Å². The second-order valence-electron chi connectivity index (χ2n) is 1.02. The lowest BCUT2D eigenvalue weighted by Crippen LogP contribution is -1.58. The molecule has 0 saturated heterocycles. The first-order valence-corrected chi connectivity index (χ1v) is 1.85. The third-order valence-electron chi connectivity index (χ3n) is 0.566. The summed E-state index contributed by atoms with van der Waals surface area (Å²) in [7, 11) is 0. The summed E-state index contributed by atoms with van der Waals surface area (Å²) in [6.07, 6.45) is 3.50. The summed E-state index contributed by atoms with van der Waals surface area (Å²) in [5, 5.41) is 0. The molecule has 0 fully saturated rings. The van der Waals surface area contributed by atoms with Gasteiger partial charge in [-0.3, -0.25) is 14.4 Å². The number of pyridine rings is 1. The highest BCUT2D eigenvalue weighted by Gasteiger charge is 1.58. The Labute approximate surface area is 46.1 Å². The van der Waals surface area contributed by atoms with Crippen LogP contribution in [-0.4, -0.2) is 4.98 Å². The normalized spacial score (nSPS) is 6.00. The van der Waals surface area contributed by atoms with E-state index in [0.29, 0.717) is 0 Å². The van der Waals surface area contributed by atoms with E-state index in [1.54, 1.807) is 12.4 Å². The van der Waals surface area contributed by atoms with E-state index in [1.165, 1.54) is 0 Å². The molecule has 0 amide bonds. The standard InChI is InChI=1S/C5H5N.2FH/c1-2-4-6-5-3-1;;/h1-5H;2*1H. The van der Waals surface area contributed by atoms with Gasteiger partial charge in [-0.2, -0.15) is 0 Å². The van der Waals surface area contributed by atoms with Crippen molar-refractivity contribution in [2.45, 2.75) is 0 Å². The fourth-order valence-electron chi connectivity index (χ4n) is 0.313. The minimum absolute atomic E-state index is 0. The molecule has 0 bridgehead atoms. The summed E-state index contributed by atoms with van der Waals surface area (Å²) >= 11 is 0. The number of hydrogen-bond acceptors (Lipinski definition) is 1. The molecular formula is C5H7F2N. The van der Waals surface area contributed by atoms with E-state index in [-0.39, 0.29) is 9.41 Å². The monoisotopic (exact) mass is 119 g/mol. The smallest absolute Gasteiger partial charge is 0.0267 e. The Kier molecular flexibility index (Phi) is 7.58. The average Bonchev–Trinajstić information content (AvgIpc) is 1.72. The lowest BCUT2D eigenvalue weighted by atomic mass is 10.5. The van der Waals surface area contributed by atoms with Gasteiger partial charge in [0.25, 0.3) is 0 Å². The molecule has 1 rings (SSSR count). The van der Waals surface area contributed by atoms with Gasteiger partial charge in [0.1, 0.15) is 0 Å². The van der Waals surface area contributed by atoms with Crippen molar-refractivity contribution in [2.75, 3.05) is 0 Å². The summed E-state index contributed by atoms with van der Waals surface area (Å²) in [6, 6.07) is 5.72. The summed E-state index contributed by atoms with van der Waals surface area (Å²) in [5.74, 6) is 0. The highest BCUT2D eigenvalue weighted by molar-refractivity contribution is 4.88. The highest BCUT2D eigenvalue weighted by Crippen LogP contribution is 1.73. The quantitative estimate of drug-likeness (QED) is 0.502. The van der Waals surface area contributed by atoms with Crippen LogP contribution in [0.15, 0.2) is 30.6 Å². The van der Waals surface area contributed by atoms with Crippen LogP contribution in [-0.2, 0) is 0 Å². The second kappa shape index (κ2) is 6.01. The third kappa shape index (κ3) is 3.21. The van der Waals surface area contributed by atoms with Gasteiger partial charge in [-0.05, 0) is 12.1 Å². The summed E-state index contributed by atoms with van der Waals surface area (Å²) < 4.78 is 0. The Morgan fingerprint density at radius 3 is 1.38 bits per heavy atom. The zero-order valence-corrected chi connectivity index (χ0v) is 4.15. The van der Waals surface area contributed by atoms with E-state index in [0.717, 1.165) is 0 Å². The molecule has 0 aliphatic rings. The predicted octanol–water partition coefficient (Wildman–Crippen LogP) is 1.39. The molecule has 1 heterocycles. The van der Waals surface area contributed by atoms with Crippen LogP contribution in [0.5, 0.6) is 0 Å². The van der Waals surface area contributed by atoms with Crippen LogP contribution in [0, 0.1) is 0 Å². The molecule has 8 heavy (non-hydrogen) atoms. The van der Waals surface area contributed by atoms with Crippen molar-refractivity contribution in [3.05, 3.63) is 30.6 Å². The van der Waals surface area contributed by atoms with Crippen molar-refractivity contribution in [3.8, 4) is 0 Å². The van der Waals surface area contributed by atoms with E-state index in [1.807, 2.05) is 18.2 Å². The number of halogens is 2. The molecule has 0 atom stereocenters. The van der Waals surface area contributed by atoms with Gasteiger partial charge >= 0.3 is 0 Å². The number of rotatable bonds is 0. The van der Waals surface area contributed by atoms with E-state index in [2.05, 4.69) is 4.98 Å². The van der Waals surface area contributed by atoms with Gasteiger partial charge < -0.3 is 0 Å². The van der Waals surface area contributed by atoms with Crippen molar-refractivity contribution < 1.29 is 9.41 Å². The average molecular weight is 119 g/mol. The molecule has 0 aromatic carbocycles. The van der Waals surface area contributed by atoms with Gasteiger partial charge in [0.05, 0.1) is 0 Å². The fraction of sp³-hybridized carbons (Fsp3) is 0. The maximum Gasteiger partial charge on any atom is 0.0267 e. The first kappa shape index (κ1) is 10.1. The van der Waals surface area contributed by atoms with Gasteiger partial charge in [0.15, 0.2) is 0 Å². The van der Waals surface area contributed by atoms with E-state index in [9.17, 15) is 0 Å². The molecule has 1 nitrogen and oxygen atoms in total. The number of aromatic nitrogens is 1. The van der Waals surface area contributed by atoms with Gasteiger partial charge in [0, 0.05) is 12.4 Å². The molecule has 46 valence electrons. The fourth-order valence-corrected chi connectivity index (χ4v) is 0.313. The zero-order chi connectivity index (χ0) is 4.24. The lowest BCUT2D eigenvalue weighted by Gasteiger charge is -1.70. The zero-order valence-electron chi connectivity index (χ0n) is 4.15. The van der Waals surface area contributed by atoms with Crippen LogP contribution in [0.3, 0.4) is 0 Å². The van der Waals surface area contributed by atoms with Crippen molar-refractivity contribution in [3.63, 3.8) is 0 Å². The molecular weight excluding hydrogens is 112 g/mol. The molecule has 0 saturated carbocycles. The Bertz CT molecular complexity index is 82.4. The number of hydrogen-bond donors (Lipinski definition) is 0. The topological polar surface area (TPSA) is 12.9 Å². The van der Waals surface area contributed by atoms with Crippen LogP contribution >= 0.6 is 0 Å². The van der Waals surface area contributed by atoms with Crippen molar-refractivity contribution in [1.29, 1.82) is 0 Å². The maximum atomic E-state index is 3.78. The van der Waals surface area contributed by atoms with Crippen LogP contribution in [0.25, 0.3) is 0 Å². The van der Waals surface area contributed by atoms with E-state index >= 15 is 0 Å². The van der Waals surface area contributed by atoms with Crippen LogP contribution in [0.4, 0.5) is 9.41 Å². The van der Waals surface area contributed by atoms with Crippen molar-refractivity contribution >= 4 is 0 Å². The highest BCUT2D eigenvalue weighted by atomic mass is 19.0. The van der Waals surface area contributed by atoms with Crippen molar-refractivity contribution in [2.24, 2.45) is 0 Å². The maximum absolute atomic E-state index is 3.78. The molecule has 0 N–H and O–H groups in total. The summed E-state index contributed by atoms with van der Waals surface area (Å²) in [6.45, 7) is 0. The Morgan fingerprint density at radius 2 is 1.25 bits per heavy atom. The lowest BCUT2D eigenvalue weighted by molar-refractivity contribution is 1.11. The second-order valence-corrected chi connectivity index (χ2v) is 1.02. The minimum Gasteiger partial charge on any atom is -0.269 e. The Hall–Kier alpha value is -0.990. The largest absolute Gasteiger partial charge is 0.269 e. The molecule has 0 spiro atoms. The number of nitrogens with zero attached hydrogens (tertiary/aromatic N) is 1. The molecule has 1 aromatic rings. The third-order valence-corrected chi connectivity index (χ3v) is 0.566. The Balaban J connectivity index is 0. The Morgan fingerprint density at radius 1 is 0.750 bits per heavy atom. The first-order chi connectivity index (χ1) is 3.00.